The molecule has 0 radical (unpaired) electrons. The molecule has 0 aliphatic carbocycles. The number of thioether (sulfide) groups is 1. The number of amides is 1. The smallest absolute Gasteiger partial charge is 0.255 e. The third-order valence-corrected chi connectivity index (χ3v) is 9.39. The van der Waals surface area contributed by atoms with E-state index in [1.54, 1.807) is 44.0 Å². The fraction of sp³-hybridized carbons (Fsp3) is 0.424. The number of rotatable bonds is 13. The van der Waals surface area contributed by atoms with E-state index in [-0.39, 0.29) is 17.0 Å². The molecule has 0 aliphatic rings. The lowest BCUT2D eigenvalue weighted by Crippen LogP contribution is -2.24. The topological polar surface area (TPSA) is 47.6 Å². The summed E-state index contributed by atoms with van der Waals surface area (Å²) in [5, 5.41) is 3.72. The largest absolute Gasteiger partial charge is 0.497 e. The Morgan fingerprint density at radius 2 is 1.73 bits per heavy atom. The molecular formula is C33H41ClFNO3S. The SMILES string of the molecule is COc1ccc(COCC(C)CC(Sc2cc(C(=O)Nc3cc(C)c(C)c(F)c3)ccc2Cl)C(C)C(C)C)cc1. The molecule has 7 heteroatoms. The molecule has 0 heterocycles. The van der Waals surface area contributed by atoms with E-state index >= 15 is 0 Å². The van der Waals surface area contributed by atoms with Crippen molar-refractivity contribution in [3.05, 3.63) is 87.7 Å². The molecule has 0 fully saturated rings. The maximum Gasteiger partial charge on any atom is 0.255 e. The Hall–Kier alpha value is -2.54. The van der Waals surface area contributed by atoms with Crippen molar-refractivity contribution >= 4 is 35.0 Å². The first-order valence-corrected chi connectivity index (χ1v) is 15.0. The highest BCUT2D eigenvalue weighted by Crippen LogP contribution is 2.39. The van der Waals surface area contributed by atoms with Crippen LogP contribution in [-0.4, -0.2) is 24.9 Å². The van der Waals surface area contributed by atoms with Crippen LogP contribution in [0.25, 0.3) is 0 Å². The molecule has 3 aromatic rings. The number of anilines is 1. The second-order valence-electron chi connectivity index (χ2n) is 11.0. The summed E-state index contributed by atoms with van der Waals surface area (Å²) in [6, 6.07) is 16.4. The fourth-order valence-corrected chi connectivity index (χ4v) is 6.26. The zero-order chi connectivity index (χ0) is 29.4. The predicted octanol–water partition coefficient (Wildman–Crippen LogP) is 9.35. The monoisotopic (exact) mass is 585 g/mol. The summed E-state index contributed by atoms with van der Waals surface area (Å²) < 4.78 is 25.5. The summed E-state index contributed by atoms with van der Waals surface area (Å²) in [6.45, 7) is 13.7. The Morgan fingerprint density at radius 1 is 1.02 bits per heavy atom. The van der Waals surface area contributed by atoms with Gasteiger partial charge in [-0.3, -0.25) is 4.79 Å². The van der Waals surface area contributed by atoms with E-state index in [9.17, 15) is 9.18 Å². The van der Waals surface area contributed by atoms with Crippen molar-refractivity contribution in [2.45, 2.75) is 64.7 Å². The van der Waals surface area contributed by atoms with Gasteiger partial charge in [0.05, 0.1) is 18.7 Å². The molecule has 40 heavy (non-hydrogen) atoms. The molecule has 0 aromatic heterocycles. The summed E-state index contributed by atoms with van der Waals surface area (Å²) >= 11 is 8.34. The maximum atomic E-state index is 14.2. The van der Waals surface area contributed by atoms with Crippen LogP contribution in [0.5, 0.6) is 5.75 Å². The molecule has 3 rings (SSSR count). The van der Waals surface area contributed by atoms with Gasteiger partial charge < -0.3 is 14.8 Å². The van der Waals surface area contributed by atoms with Gasteiger partial charge in [-0.1, -0.05) is 51.4 Å². The predicted molar refractivity (Wildman–Crippen MR) is 165 cm³/mol. The van der Waals surface area contributed by atoms with Gasteiger partial charge in [0.25, 0.3) is 5.91 Å². The van der Waals surface area contributed by atoms with Crippen molar-refractivity contribution in [2.24, 2.45) is 17.8 Å². The van der Waals surface area contributed by atoms with Crippen LogP contribution in [0.4, 0.5) is 10.1 Å². The second-order valence-corrected chi connectivity index (χ2v) is 12.7. The van der Waals surface area contributed by atoms with Crippen LogP contribution in [-0.2, 0) is 11.3 Å². The van der Waals surface area contributed by atoms with E-state index in [2.05, 4.69) is 33.0 Å². The first-order valence-electron chi connectivity index (χ1n) is 13.7. The fourth-order valence-electron chi connectivity index (χ4n) is 4.35. The summed E-state index contributed by atoms with van der Waals surface area (Å²) in [5.74, 6) is 1.43. The van der Waals surface area contributed by atoms with E-state index in [4.69, 9.17) is 21.1 Å². The van der Waals surface area contributed by atoms with Crippen LogP contribution < -0.4 is 10.1 Å². The Labute approximate surface area is 248 Å². The highest BCUT2D eigenvalue weighted by molar-refractivity contribution is 8.00. The maximum absolute atomic E-state index is 14.2. The van der Waals surface area contributed by atoms with Gasteiger partial charge in [0.1, 0.15) is 11.6 Å². The molecule has 0 aliphatic heterocycles. The highest BCUT2D eigenvalue weighted by atomic mass is 35.5. The van der Waals surface area contributed by atoms with Crippen molar-refractivity contribution in [2.75, 3.05) is 19.0 Å². The summed E-state index contributed by atoms with van der Waals surface area (Å²) in [7, 11) is 1.66. The molecule has 216 valence electrons. The Kier molecular flexibility index (Phi) is 11.9. The van der Waals surface area contributed by atoms with E-state index in [0.717, 1.165) is 28.2 Å². The van der Waals surface area contributed by atoms with E-state index < -0.39 is 0 Å². The normalized spacial score (nSPS) is 13.7. The van der Waals surface area contributed by atoms with Gasteiger partial charge in [-0.05, 0) is 97.2 Å². The van der Waals surface area contributed by atoms with Gasteiger partial charge >= 0.3 is 0 Å². The number of aryl methyl sites for hydroxylation is 1. The average Bonchev–Trinajstić information content (AvgIpc) is 2.92. The lowest BCUT2D eigenvalue weighted by molar-refractivity contribution is 0.0875. The number of halogens is 2. The molecular weight excluding hydrogens is 545 g/mol. The van der Waals surface area contributed by atoms with Crippen molar-refractivity contribution in [3.8, 4) is 5.75 Å². The molecule has 0 spiro atoms. The zero-order valence-corrected chi connectivity index (χ0v) is 26.1. The van der Waals surface area contributed by atoms with Crippen LogP contribution in [0.15, 0.2) is 59.5 Å². The third-order valence-electron chi connectivity index (χ3n) is 7.44. The standard InChI is InChI=1S/C33H41ClFNO3S/c1-20(2)23(5)31(14-21(3)18-39-19-25-8-11-28(38-7)12-9-25)40-32-16-26(10-13-29(32)34)33(37)36-27-15-22(4)24(6)30(35)17-27/h8-13,15-17,20-21,23,31H,14,18-19H2,1-7H3,(H,36,37). The molecule has 1 N–H and O–H groups in total. The Morgan fingerprint density at radius 3 is 2.35 bits per heavy atom. The lowest BCUT2D eigenvalue weighted by atomic mass is 9.89. The van der Waals surface area contributed by atoms with Crippen molar-refractivity contribution in [3.63, 3.8) is 0 Å². The van der Waals surface area contributed by atoms with Gasteiger partial charge in [0.15, 0.2) is 0 Å². The number of ether oxygens (including phenoxy) is 2. The number of hydrogen-bond donors (Lipinski definition) is 1. The molecule has 3 unspecified atom stereocenters. The highest BCUT2D eigenvalue weighted by Gasteiger charge is 2.25. The lowest BCUT2D eigenvalue weighted by Gasteiger charge is -2.29. The van der Waals surface area contributed by atoms with E-state index in [1.807, 2.05) is 37.3 Å². The van der Waals surface area contributed by atoms with Gasteiger partial charge in [0, 0.05) is 28.0 Å². The van der Waals surface area contributed by atoms with Gasteiger partial charge in [-0.2, -0.15) is 0 Å². The zero-order valence-electron chi connectivity index (χ0n) is 24.5. The van der Waals surface area contributed by atoms with Crippen LogP contribution in [0.1, 0.15) is 61.2 Å². The van der Waals surface area contributed by atoms with Crippen molar-refractivity contribution < 1.29 is 18.7 Å². The van der Waals surface area contributed by atoms with E-state index in [1.165, 1.54) is 6.07 Å². The first-order chi connectivity index (χ1) is 19.0. The molecule has 3 atom stereocenters. The minimum absolute atomic E-state index is 0.282. The molecule has 3 aromatic carbocycles. The first kappa shape index (κ1) is 32.0. The quantitative estimate of drug-likeness (QED) is 0.203. The van der Waals surface area contributed by atoms with Crippen molar-refractivity contribution in [1.82, 2.24) is 0 Å². The van der Waals surface area contributed by atoms with Crippen molar-refractivity contribution in [1.29, 1.82) is 0 Å². The minimum Gasteiger partial charge on any atom is -0.497 e. The van der Waals surface area contributed by atoms with Crippen LogP contribution in [0.2, 0.25) is 5.02 Å². The van der Waals surface area contributed by atoms with Gasteiger partial charge in [-0.15, -0.1) is 11.8 Å². The Bertz CT molecular complexity index is 1260. The van der Waals surface area contributed by atoms with Crippen LogP contribution in [0.3, 0.4) is 0 Å². The number of carbonyl (C=O) groups is 1. The average molecular weight is 586 g/mol. The van der Waals surface area contributed by atoms with Gasteiger partial charge in [-0.25, -0.2) is 4.39 Å². The van der Waals surface area contributed by atoms with E-state index in [0.29, 0.717) is 52.8 Å². The number of carbonyl (C=O) groups excluding carboxylic acids is 1. The molecule has 0 bridgehead atoms. The number of nitrogens with one attached hydrogen (secondary N) is 1. The molecule has 1 amide bonds. The third kappa shape index (κ3) is 8.98. The van der Waals surface area contributed by atoms with Crippen LogP contribution in [0, 0.1) is 37.4 Å². The van der Waals surface area contributed by atoms with Crippen LogP contribution >= 0.6 is 23.4 Å². The molecule has 4 nitrogen and oxygen atoms in total. The summed E-state index contributed by atoms with van der Waals surface area (Å²) in [5.41, 5.74) is 3.39. The number of methoxy groups -OCH3 is 1. The molecule has 0 saturated heterocycles. The second kappa shape index (κ2) is 14.9. The Balaban J connectivity index is 1.67. The minimum atomic E-state index is -0.338. The van der Waals surface area contributed by atoms with Gasteiger partial charge in [0.2, 0.25) is 0 Å². The summed E-state index contributed by atoms with van der Waals surface area (Å²) in [4.78, 5) is 13.9. The number of hydrogen-bond acceptors (Lipinski definition) is 4. The number of benzene rings is 3. The summed E-state index contributed by atoms with van der Waals surface area (Å²) in [6.07, 6.45) is 0.946. The molecule has 0 saturated carbocycles.